The number of rotatable bonds is 0. The van der Waals surface area contributed by atoms with E-state index in [0.29, 0.717) is 6.61 Å². The van der Waals surface area contributed by atoms with Gasteiger partial charge in [0.05, 0.1) is 6.04 Å². The summed E-state index contributed by atoms with van der Waals surface area (Å²) < 4.78 is 5.49. The molecule has 70 valence electrons. The van der Waals surface area contributed by atoms with Gasteiger partial charge in [0.1, 0.15) is 12.4 Å². The molecule has 0 spiro atoms. The first-order valence-electron chi connectivity index (χ1n) is 4.76. The quantitative estimate of drug-likeness (QED) is 0.683. The van der Waals surface area contributed by atoms with Crippen LogP contribution in [0.15, 0.2) is 36.4 Å². The maximum Gasteiger partial charge on any atom is 0.124 e. The van der Waals surface area contributed by atoms with Crippen molar-refractivity contribution in [2.75, 3.05) is 6.61 Å². The standard InChI is InChI=1S/C12H11NO/c13-11-7-14-12-6-9-4-2-1-3-8(9)5-10(11)12/h1-6,11H,7,13H2/t11-/m1/s1. The Morgan fingerprint density at radius 3 is 2.64 bits per heavy atom. The molecule has 0 unspecified atom stereocenters. The monoisotopic (exact) mass is 185 g/mol. The van der Waals surface area contributed by atoms with Crippen molar-refractivity contribution in [1.82, 2.24) is 0 Å². The maximum atomic E-state index is 5.91. The van der Waals surface area contributed by atoms with Gasteiger partial charge in [-0.05, 0) is 22.9 Å². The second-order valence-corrected chi connectivity index (χ2v) is 3.65. The number of hydrogen-bond donors (Lipinski definition) is 1. The lowest BCUT2D eigenvalue weighted by Gasteiger charge is -2.03. The van der Waals surface area contributed by atoms with E-state index in [-0.39, 0.29) is 6.04 Å². The largest absolute Gasteiger partial charge is 0.491 e. The second kappa shape index (κ2) is 2.72. The Morgan fingerprint density at radius 2 is 1.86 bits per heavy atom. The Balaban J connectivity index is 2.33. The van der Waals surface area contributed by atoms with Gasteiger partial charge >= 0.3 is 0 Å². The fraction of sp³-hybridized carbons (Fsp3) is 0.167. The molecule has 2 aromatic carbocycles. The number of hydrogen-bond acceptors (Lipinski definition) is 2. The first kappa shape index (κ1) is 7.83. The van der Waals surface area contributed by atoms with Crippen LogP contribution < -0.4 is 10.5 Å². The molecular weight excluding hydrogens is 174 g/mol. The molecule has 0 amide bonds. The Bertz CT molecular complexity index is 493. The van der Waals surface area contributed by atoms with E-state index in [0.717, 1.165) is 11.3 Å². The van der Waals surface area contributed by atoms with Crippen LogP contribution in [0.5, 0.6) is 5.75 Å². The zero-order valence-electron chi connectivity index (χ0n) is 7.73. The molecule has 0 saturated carbocycles. The highest BCUT2D eigenvalue weighted by Gasteiger charge is 2.20. The molecule has 0 aromatic heterocycles. The number of fused-ring (bicyclic) bond motifs is 2. The molecule has 1 aliphatic heterocycles. The van der Waals surface area contributed by atoms with Crippen LogP contribution in [0.4, 0.5) is 0 Å². The summed E-state index contributed by atoms with van der Waals surface area (Å²) >= 11 is 0. The molecule has 0 bridgehead atoms. The van der Waals surface area contributed by atoms with Gasteiger partial charge in [0.2, 0.25) is 0 Å². The van der Waals surface area contributed by atoms with E-state index in [9.17, 15) is 0 Å². The van der Waals surface area contributed by atoms with Crippen LogP contribution in [-0.4, -0.2) is 6.61 Å². The molecule has 0 radical (unpaired) electrons. The van der Waals surface area contributed by atoms with E-state index in [1.54, 1.807) is 0 Å². The fourth-order valence-electron chi connectivity index (χ4n) is 1.92. The lowest BCUT2D eigenvalue weighted by atomic mass is 10.0. The average molecular weight is 185 g/mol. The third kappa shape index (κ3) is 1.01. The molecule has 1 aliphatic rings. The van der Waals surface area contributed by atoms with Crippen LogP contribution in [0.2, 0.25) is 0 Å². The van der Waals surface area contributed by atoms with Gasteiger partial charge in [0.15, 0.2) is 0 Å². The van der Waals surface area contributed by atoms with Crippen molar-refractivity contribution in [3.8, 4) is 5.75 Å². The molecule has 14 heavy (non-hydrogen) atoms. The first-order chi connectivity index (χ1) is 6.84. The number of ether oxygens (including phenoxy) is 1. The molecule has 0 saturated heterocycles. The first-order valence-corrected chi connectivity index (χ1v) is 4.76. The SMILES string of the molecule is N[C@@H]1COc2cc3ccccc3cc21. The molecule has 2 aromatic rings. The summed E-state index contributed by atoms with van der Waals surface area (Å²) in [5.41, 5.74) is 7.04. The summed E-state index contributed by atoms with van der Waals surface area (Å²) in [7, 11) is 0. The topological polar surface area (TPSA) is 35.2 Å². The van der Waals surface area contributed by atoms with E-state index in [4.69, 9.17) is 10.5 Å². The summed E-state index contributed by atoms with van der Waals surface area (Å²) in [6.07, 6.45) is 0. The number of benzene rings is 2. The van der Waals surface area contributed by atoms with Crippen LogP contribution in [-0.2, 0) is 0 Å². The van der Waals surface area contributed by atoms with Crippen molar-refractivity contribution in [2.45, 2.75) is 6.04 Å². The fourth-order valence-corrected chi connectivity index (χ4v) is 1.92. The predicted octanol–water partition coefficient (Wildman–Crippen LogP) is 2.23. The van der Waals surface area contributed by atoms with Gasteiger partial charge in [-0.25, -0.2) is 0 Å². The molecule has 2 heteroatoms. The molecule has 0 aliphatic carbocycles. The van der Waals surface area contributed by atoms with Crippen LogP contribution in [0.25, 0.3) is 10.8 Å². The van der Waals surface area contributed by atoms with Crippen molar-refractivity contribution < 1.29 is 4.74 Å². The van der Waals surface area contributed by atoms with Crippen molar-refractivity contribution in [3.63, 3.8) is 0 Å². The van der Waals surface area contributed by atoms with E-state index >= 15 is 0 Å². The van der Waals surface area contributed by atoms with Crippen molar-refractivity contribution >= 4 is 10.8 Å². The Hall–Kier alpha value is -1.54. The molecule has 2 nitrogen and oxygen atoms in total. The minimum atomic E-state index is 0.0367. The van der Waals surface area contributed by atoms with Gasteiger partial charge in [-0.15, -0.1) is 0 Å². The average Bonchev–Trinajstić information content (AvgIpc) is 2.57. The van der Waals surface area contributed by atoms with Crippen LogP contribution in [0.3, 0.4) is 0 Å². The lowest BCUT2D eigenvalue weighted by Crippen LogP contribution is -2.10. The number of nitrogens with two attached hydrogens (primary N) is 1. The van der Waals surface area contributed by atoms with E-state index in [1.165, 1.54) is 10.8 Å². The smallest absolute Gasteiger partial charge is 0.124 e. The summed E-state index contributed by atoms with van der Waals surface area (Å²) in [5.74, 6) is 0.941. The Labute approximate surface area is 82.3 Å². The molecule has 0 fully saturated rings. The summed E-state index contributed by atoms with van der Waals surface area (Å²) in [6.45, 7) is 0.603. The lowest BCUT2D eigenvalue weighted by molar-refractivity contribution is 0.333. The van der Waals surface area contributed by atoms with Gasteiger partial charge in [-0.1, -0.05) is 24.3 Å². The van der Waals surface area contributed by atoms with Gasteiger partial charge in [0.25, 0.3) is 0 Å². The van der Waals surface area contributed by atoms with Gasteiger partial charge in [-0.3, -0.25) is 0 Å². The van der Waals surface area contributed by atoms with E-state index < -0.39 is 0 Å². The minimum Gasteiger partial charge on any atom is -0.491 e. The summed E-state index contributed by atoms with van der Waals surface area (Å²) in [5, 5.41) is 2.44. The van der Waals surface area contributed by atoms with Crippen molar-refractivity contribution in [3.05, 3.63) is 42.0 Å². The van der Waals surface area contributed by atoms with Gasteiger partial charge in [-0.2, -0.15) is 0 Å². The zero-order valence-corrected chi connectivity index (χ0v) is 7.73. The highest BCUT2D eigenvalue weighted by Crippen LogP contribution is 2.34. The van der Waals surface area contributed by atoms with E-state index in [2.05, 4.69) is 24.3 Å². The van der Waals surface area contributed by atoms with Crippen LogP contribution in [0, 0.1) is 0 Å². The minimum absolute atomic E-state index is 0.0367. The molecule has 1 heterocycles. The Morgan fingerprint density at radius 1 is 1.14 bits per heavy atom. The van der Waals surface area contributed by atoms with Gasteiger partial charge in [0, 0.05) is 5.56 Å². The maximum absolute atomic E-state index is 5.91. The third-order valence-electron chi connectivity index (χ3n) is 2.70. The van der Waals surface area contributed by atoms with E-state index in [1.807, 2.05) is 12.1 Å². The Kier molecular flexibility index (Phi) is 1.52. The zero-order chi connectivity index (χ0) is 9.54. The predicted molar refractivity (Wildman–Crippen MR) is 56.4 cm³/mol. The summed E-state index contributed by atoms with van der Waals surface area (Å²) in [6, 6.07) is 12.5. The van der Waals surface area contributed by atoms with Crippen LogP contribution in [0.1, 0.15) is 11.6 Å². The second-order valence-electron chi connectivity index (χ2n) is 3.65. The van der Waals surface area contributed by atoms with Crippen molar-refractivity contribution in [1.29, 1.82) is 0 Å². The molecular formula is C12H11NO. The third-order valence-corrected chi connectivity index (χ3v) is 2.70. The van der Waals surface area contributed by atoms with Crippen molar-refractivity contribution in [2.24, 2.45) is 5.73 Å². The van der Waals surface area contributed by atoms with Gasteiger partial charge < -0.3 is 10.5 Å². The molecule has 1 atom stereocenters. The highest BCUT2D eigenvalue weighted by molar-refractivity contribution is 5.85. The van der Waals surface area contributed by atoms with Crippen LogP contribution >= 0.6 is 0 Å². The summed E-state index contributed by atoms with van der Waals surface area (Å²) in [4.78, 5) is 0. The highest BCUT2D eigenvalue weighted by atomic mass is 16.5. The molecule has 3 rings (SSSR count). The normalized spacial score (nSPS) is 19.4. The molecule has 2 N–H and O–H groups in total.